The molecule has 3 aromatic carbocycles. The maximum Gasteiger partial charge on any atom is 0.573 e. The Hall–Kier alpha value is -4.52. The first kappa shape index (κ1) is 30.9. The van der Waals surface area contributed by atoms with Crippen molar-refractivity contribution in [2.75, 3.05) is 24.3 Å². The SMILES string of the molecule is COc1ccc(N2CCSC2=NC(=O)NC(C)c2ccc(-c3ncn(-c4ccc(OC(F)(F)F)cc4)n3)cc2)c(C(C)C)c1. The second-order valence-electron chi connectivity index (χ2n) is 10.3. The smallest absolute Gasteiger partial charge is 0.497 e. The zero-order chi connectivity index (χ0) is 31.4. The molecule has 0 aliphatic carbocycles. The lowest BCUT2D eigenvalue weighted by Crippen LogP contribution is -2.29. The number of anilines is 1. The van der Waals surface area contributed by atoms with Gasteiger partial charge in [-0.25, -0.2) is 14.5 Å². The van der Waals surface area contributed by atoms with E-state index in [2.05, 4.69) is 43.9 Å². The van der Waals surface area contributed by atoms with E-state index in [1.54, 1.807) is 18.9 Å². The number of halogens is 3. The number of aliphatic imine (C=N–C) groups is 1. The number of benzene rings is 3. The molecule has 230 valence electrons. The van der Waals surface area contributed by atoms with Crippen LogP contribution < -0.4 is 19.7 Å². The molecule has 2 heterocycles. The molecule has 1 aromatic heterocycles. The molecule has 0 spiro atoms. The van der Waals surface area contributed by atoms with Crippen molar-refractivity contribution in [1.29, 1.82) is 0 Å². The summed E-state index contributed by atoms with van der Waals surface area (Å²) in [5.74, 6) is 2.00. The van der Waals surface area contributed by atoms with Crippen LogP contribution in [0.2, 0.25) is 0 Å². The van der Waals surface area contributed by atoms with Gasteiger partial charge in [-0.1, -0.05) is 49.9 Å². The van der Waals surface area contributed by atoms with Gasteiger partial charge in [-0.15, -0.1) is 18.3 Å². The minimum atomic E-state index is -4.76. The number of urea groups is 1. The van der Waals surface area contributed by atoms with Gasteiger partial charge in [0.1, 0.15) is 17.8 Å². The summed E-state index contributed by atoms with van der Waals surface area (Å²) in [5, 5.41) is 8.04. The van der Waals surface area contributed by atoms with E-state index in [0.717, 1.165) is 40.4 Å². The fourth-order valence-electron chi connectivity index (χ4n) is 4.71. The van der Waals surface area contributed by atoms with E-state index in [1.165, 1.54) is 35.3 Å². The third kappa shape index (κ3) is 7.33. The van der Waals surface area contributed by atoms with E-state index in [4.69, 9.17) is 4.74 Å². The molecule has 9 nitrogen and oxygen atoms in total. The summed E-state index contributed by atoms with van der Waals surface area (Å²) in [5.41, 5.74) is 4.28. The van der Waals surface area contributed by atoms with Crippen LogP contribution >= 0.6 is 11.8 Å². The van der Waals surface area contributed by atoms with Gasteiger partial charge in [-0.2, -0.15) is 4.99 Å². The molecule has 13 heteroatoms. The molecule has 2 amide bonds. The quantitative estimate of drug-likeness (QED) is 0.219. The van der Waals surface area contributed by atoms with Crippen LogP contribution in [-0.4, -0.2) is 51.7 Å². The molecule has 44 heavy (non-hydrogen) atoms. The average molecular weight is 625 g/mol. The Balaban J connectivity index is 1.23. The van der Waals surface area contributed by atoms with Crippen molar-refractivity contribution in [2.24, 2.45) is 4.99 Å². The highest BCUT2D eigenvalue weighted by molar-refractivity contribution is 8.14. The summed E-state index contributed by atoms with van der Waals surface area (Å²) in [6.07, 6.45) is -3.28. The Labute approximate surface area is 257 Å². The minimum Gasteiger partial charge on any atom is -0.497 e. The number of hydrogen-bond acceptors (Lipinski definition) is 6. The largest absolute Gasteiger partial charge is 0.573 e. The Kier molecular flexibility index (Phi) is 9.14. The third-order valence-corrected chi connectivity index (χ3v) is 7.91. The van der Waals surface area contributed by atoms with Crippen LogP contribution in [0.4, 0.5) is 23.7 Å². The van der Waals surface area contributed by atoms with Crippen molar-refractivity contribution in [3.63, 3.8) is 0 Å². The van der Waals surface area contributed by atoms with E-state index >= 15 is 0 Å². The summed E-state index contributed by atoms with van der Waals surface area (Å²) < 4.78 is 48.1. The van der Waals surface area contributed by atoms with Crippen molar-refractivity contribution < 1.29 is 27.4 Å². The molecule has 1 saturated heterocycles. The molecule has 0 saturated carbocycles. The van der Waals surface area contributed by atoms with Crippen LogP contribution in [0.1, 0.15) is 43.9 Å². The fourth-order valence-corrected chi connectivity index (χ4v) is 5.66. The molecule has 1 aliphatic heterocycles. The predicted octanol–water partition coefficient (Wildman–Crippen LogP) is 7.34. The van der Waals surface area contributed by atoms with Crippen molar-refractivity contribution in [3.8, 4) is 28.6 Å². The maximum atomic E-state index is 12.9. The van der Waals surface area contributed by atoms with Gasteiger partial charge in [0.25, 0.3) is 0 Å². The number of carbonyl (C=O) groups is 1. The lowest BCUT2D eigenvalue weighted by molar-refractivity contribution is -0.274. The van der Waals surface area contributed by atoms with E-state index in [9.17, 15) is 18.0 Å². The molecule has 1 aliphatic rings. The van der Waals surface area contributed by atoms with Gasteiger partial charge in [-0.3, -0.25) is 0 Å². The number of alkyl halides is 3. The van der Waals surface area contributed by atoms with Crippen molar-refractivity contribution in [2.45, 2.75) is 39.1 Å². The standard InChI is InChI=1S/C31H31F3N6O3S/c1-19(2)26-17-25(42-4)13-14-27(26)39-15-16-44-30(39)37-29(41)36-20(3)21-5-7-22(8-6-21)28-35-18-40(38-28)23-9-11-24(12-10-23)43-31(32,33)34/h5-14,17-20H,15-16H2,1-4H3,(H,36,41). The van der Waals surface area contributed by atoms with E-state index in [1.807, 2.05) is 49.4 Å². The van der Waals surface area contributed by atoms with Crippen molar-refractivity contribution in [1.82, 2.24) is 20.1 Å². The van der Waals surface area contributed by atoms with Gasteiger partial charge >= 0.3 is 12.4 Å². The van der Waals surface area contributed by atoms with Crippen LogP contribution in [-0.2, 0) is 0 Å². The number of hydrogen-bond donors (Lipinski definition) is 1. The Morgan fingerprint density at radius 3 is 2.39 bits per heavy atom. The first-order valence-electron chi connectivity index (χ1n) is 13.9. The van der Waals surface area contributed by atoms with Gasteiger partial charge in [0.05, 0.1) is 18.8 Å². The Morgan fingerprint density at radius 2 is 1.73 bits per heavy atom. The number of nitrogens with zero attached hydrogens (tertiary/aromatic N) is 5. The molecule has 0 bridgehead atoms. The van der Waals surface area contributed by atoms with Crippen molar-refractivity contribution >= 4 is 28.6 Å². The summed E-state index contributed by atoms with van der Waals surface area (Å²) in [6.45, 7) is 6.88. The number of thioether (sulfide) groups is 1. The number of rotatable bonds is 8. The lowest BCUT2D eigenvalue weighted by atomic mass is 10.00. The van der Waals surface area contributed by atoms with Crippen LogP contribution in [0.25, 0.3) is 17.1 Å². The molecule has 1 N–H and O–H groups in total. The highest BCUT2D eigenvalue weighted by atomic mass is 32.2. The zero-order valence-corrected chi connectivity index (χ0v) is 25.3. The molecular formula is C31H31F3N6O3S. The second-order valence-corrected chi connectivity index (χ2v) is 11.4. The number of ether oxygens (including phenoxy) is 2. The monoisotopic (exact) mass is 624 g/mol. The highest BCUT2D eigenvalue weighted by Crippen LogP contribution is 2.35. The van der Waals surface area contributed by atoms with Crippen LogP contribution in [0.3, 0.4) is 0 Å². The normalized spacial score (nSPS) is 15.1. The summed E-state index contributed by atoms with van der Waals surface area (Å²) in [4.78, 5) is 23.8. The third-order valence-electron chi connectivity index (χ3n) is 6.96. The minimum absolute atomic E-state index is 0.265. The fraction of sp³-hybridized carbons (Fsp3) is 0.290. The summed E-state index contributed by atoms with van der Waals surface area (Å²) in [6, 6.07) is 18.0. The van der Waals surface area contributed by atoms with Crippen molar-refractivity contribution in [3.05, 3.63) is 84.2 Å². The highest BCUT2D eigenvalue weighted by Gasteiger charge is 2.31. The number of amidine groups is 1. The lowest BCUT2D eigenvalue weighted by Gasteiger charge is -2.24. The number of methoxy groups -OCH3 is 1. The van der Waals surface area contributed by atoms with Crippen LogP contribution in [0.15, 0.2) is 78.0 Å². The average Bonchev–Trinajstić information content (AvgIpc) is 3.67. The number of aromatic nitrogens is 3. The Morgan fingerprint density at radius 1 is 1.02 bits per heavy atom. The summed E-state index contributed by atoms with van der Waals surface area (Å²) >= 11 is 1.55. The zero-order valence-electron chi connectivity index (χ0n) is 24.5. The number of nitrogens with one attached hydrogen (secondary N) is 1. The second kappa shape index (κ2) is 13.0. The van der Waals surface area contributed by atoms with E-state index < -0.39 is 12.4 Å². The van der Waals surface area contributed by atoms with Crippen LogP contribution in [0, 0.1) is 0 Å². The molecule has 5 rings (SSSR count). The Bertz CT molecular complexity index is 1640. The van der Waals surface area contributed by atoms with Gasteiger partial charge in [-0.05, 0) is 66.4 Å². The van der Waals surface area contributed by atoms with E-state index in [0.29, 0.717) is 16.7 Å². The predicted molar refractivity (Wildman–Crippen MR) is 165 cm³/mol. The first-order valence-corrected chi connectivity index (χ1v) is 14.8. The van der Waals surface area contributed by atoms with Gasteiger partial charge in [0.2, 0.25) is 0 Å². The van der Waals surface area contributed by atoms with Crippen LogP contribution in [0.5, 0.6) is 11.5 Å². The number of carbonyl (C=O) groups excluding carboxylic acids is 1. The first-order chi connectivity index (χ1) is 21.0. The molecule has 1 atom stereocenters. The number of amides is 2. The molecule has 4 aromatic rings. The maximum absolute atomic E-state index is 12.9. The topological polar surface area (TPSA) is 93.9 Å². The van der Waals surface area contributed by atoms with Gasteiger partial charge < -0.3 is 19.7 Å². The molecule has 1 unspecified atom stereocenters. The van der Waals surface area contributed by atoms with Gasteiger partial charge in [0, 0.05) is 23.5 Å². The van der Waals surface area contributed by atoms with E-state index in [-0.39, 0.29) is 17.7 Å². The molecular weight excluding hydrogens is 593 g/mol. The molecule has 1 fully saturated rings. The van der Waals surface area contributed by atoms with Gasteiger partial charge in [0.15, 0.2) is 11.0 Å². The molecule has 0 radical (unpaired) electrons. The summed E-state index contributed by atoms with van der Waals surface area (Å²) in [7, 11) is 1.65.